The number of aliphatic imine (C=N–C) groups is 3. The summed E-state index contributed by atoms with van der Waals surface area (Å²) in [5.41, 5.74) is 15.2. The lowest BCUT2D eigenvalue weighted by atomic mass is 9.90. The average Bonchev–Trinajstić information content (AvgIpc) is 3.33. The average molecular weight is 848 g/mol. The Morgan fingerprint density at radius 2 is 1.30 bits per heavy atom. The molecule has 0 N–H and O–H groups in total. The van der Waals surface area contributed by atoms with E-state index in [9.17, 15) is 0 Å². The van der Waals surface area contributed by atoms with Crippen molar-refractivity contribution >= 4 is 65.5 Å². The topological polar surface area (TPSA) is 37.1 Å². The van der Waals surface area contributed by atoms with Gasteiger partial charge in [-0.05, 0) is 139 Å². The molecule has 64 heavy (non-hydrogen) atoms. The molecule has 0 aliphatic carbocycles. The predicted molar refractivity (Wildman–Crippen MR) is 288 cm³/mol. The fourth-order valence-electron chi connectivity index (χ4n) is 7.45. The van der Waals surface area contributed by atoms with Crippen molar-refractivity contribution in [1.82, 2.24) is 0 Å². The molecule has 4 heteroatoms. The molecule has 7 rings (SSSR count). The largest absolute Gasteiger partial charge is 0.288 e. The van der Waals surface area contributed by atoms with Gasteiger partial charge in [-0.25, -0.2) is 9.98 Å². The van der Waals surface area contributed by atoms with Crippen molar-refractivity contribution in [2.24, 2.45) is 15.0 Å². The van der Waals surface area contributed by atoms with Crippen LogP contribution in [0, 0.1) is 0 Å². The van der Waals surface area contributed by atoms with Crippen LogP contribution in [0.15, 0.2) is 241 Å². The molecular weight excluding hydrogens is 795 g/mol. The van der Waals surface area contributed by atoms with Crippen LogP contribution >= 0.6 is 13.5 Å². The van der Waals surface area contributed by atoms with Crippen LogP contribution in [0.1, 0.15) is 41.7 Å². The monoisotopic (exact) mass is 847 g/mol. The third-order valence-corrected chi connectivity index (χ3v) is 10.8. The number of nitrogens with zero attached hydrogens (tertiary/aromatic N) is 3. The van der Waals surface area contributed by atoms with E-state index < -0.39 is 0 Å². The van der Waals surface area contributed by atoms with Crippen molar-refractivity contribution in [2.45, 2.75) is 13.8 Å². The van der Waals surface area contributed by atoms with Crippen molar-refractivity contribution in [3.63, 3.8) is 0 Å². The second-order valence-electron chi connectivity index (χ2n) is 15.1. The predicted octanol–water partition coefficient (Wildman–Crippen LogP) is 15.9. The van der Waals surface area contributed by atoms with Gasteiger partial charge in [0.1, 0.15) is 0 Å². The Labute approximate surface area is 386 Å². The Bertz CT molecular complexity index is 2980. The highest BCUT2D eigenvalue weighted by atomic mass is 32.1. The van der Waals surface area contributed by atoms with Crippen LogP contribution in [0.2, 0.25) is 0 Å². The number of fused-ring (bicyclic) bond motifs is 1. The first-order chi connectivity index (χ1) is 30.8. The molecule has 3 nitrogen and oxygen atoms in total. The molecule has 1 aliphatic rings. The van der Waals surface area contributed by atoms with E-state index in [0.29, 0.717) is 18.1 Å². The van der Waals surface area contributed by atoms with Crippen molar-refractivity contribution in [3.8, 4) is 33.4 Å². The van der Waals surface area contributed by atoms with Gasteiger partial charge in [0.05, 0.1) is 12.2 Å². The van der Waals surface area contributed by atoms with Gasteiger partial charge in [-0.15, -0.1) is 0 Å². The van der Waals surface area contributed by atoms with Gasteiger partial charge in [0.15, 0.2) is 5.84 Å². The molecule has 0 spiro atoms. The number of dihydropyridines is 1. The molecule has 0 aromatic heterocycles. The minimum atomic E-state index is 0. The molecule has 0 radical (unpaired) electrons. The summed E-state index contributed by atoms with van der Waals surface area (Å²) in [7, 11) is 0. The third-order valence-electron chi connectivity index (χ3n) is 10.8. The van der Waals surface area contributed by atoms with Crippen LogP contribution in [-0.4, -0.2) is 24.3 Å². The summed E-state index contributed by atoms with van der Waals surface area (Å²) in [5, 5.41) is 2.33. The lowest BCUT2D eigenvalue weighted by Gasteiger charge is -2.15. The Morgan fingerprint density at radius 3 is 2.02 bits per heavy atom. The Morgan fingerprint density at radius 1 is 0.609 bits per heavy atom. The van der Waals surface area contributed by atoms with E-state index >= 15 is 0 Å². The molecule has 314 valence electrons. The van der Waals surface area contributed by atoms with Gasteiger partial charge in [-0.2, -0.15) is 13.5 Å². The van der Waals surface area contributed by atoms with Crippen LogP contribution < -0.4 is 0 Å². The van der Waals surface area contributed by atoms with Gasteiger partial charge in [-0.3, -0.25) is 4.99 Å². The fourth-order valence-corrected chi connectivity index (χ4v) is 7.45. The standard InChI is InChI=1S/C60H51N3.H2S/c1-7-10-11-12-16-31-60(62-44(5)48-25-14-13-15-26-48)63-45(6)53-38-54(40-55(39-53)52-28-20-27-51(37-52)43(4)22-19-23-46-24-21-36-61-42-46)49-32-34-50(35-33-49)59-41-47(8-2)56(9-3)57-29-17-18-30-58(57)59;/h7-41H,2-5,42H2,1,6H3;1H2/b10-7-,12-11-,22-19-,31-16+,46-23-,62-60?,63-45?;. The molecule has 0 saturated carbocycles. The van der Waals surface area contributed by atoms with Gasteiger partial charge >= 0.3 is 0 Å². The zero-order chi connectivity index (χ0) is 44.0. The molecule has 6 aromatic carbocycles. The fraction of sp³-hybridized carbons (Fsp3) is 0.0500. The maximum absolute atomic E-state index is 5.14. The highest BCUT2D eigenvalue weighted by Gasteiger charge is 2.13. The SMILES string of the molecule is C=Cc1cc(-c2ccc(-c3cc(C(C)=NC(/C=C/C=C\C=C/C)=NC(=C)c4ccccc4)cc(-c4cccc(C(=C)/C=C\C=C5\C=CC=NC5)c4)c3)cc2)c2ccccc2c1C=C.S. The summed E-state index contributed by atoms with van der Waals surface area (Å²) < 4.78 is 0. The highest BCUT2D eigenvalue weighted by molar-refractivity contribution is 7.59. The van der Waals surface area contributed by atoms with Crippen LogP contribution in [0.5, 0.6) is 0 Å². The molecule has 1 heterocycles. The molecule has 0 bridgehead atoms. The quantitative estimate of drug-likeness (QED) is 0.0595. The molecule has 6 aromatic rings. The minimum Gasteiger partial charge on any atom is -0.288 e. The van der Waals surface area contributed by atoms with Gasteiger partial charge < -0.3 is 0 Å². The summed E-state index contributed by atoms with van der Waals surface area (Å²) >= 11 is 0. The number of hydrogen-bond donors (Lipinski definition) is 0. The van der Waals surface area contributed by atoms with Crippen LogP contribution in [0.25, 0.3) is 67.6 Å². The van der Waals surface area contributed by atoms with Crippen molar-refractivity contribution in [2.75, 3.05) is 6.54 Å². The molecule has 0 fully saturated rings. The first-order valence-corrected chi connectivity index (χ1v) is 21.1. The van der Waals surface area contributed by atoms with Crippen LogP contribution in [0.4, 0.5) is 0 Å². The van der Waals surface area contributed by atoms with Gasteiger partial charge in [0.2, 0.25) is 0 Å². The maximum atomic E-state index is 5.14. The van der Waals surface area contributed by atoms with Crippen LogP contribution in [0.3, 0.4) is 0 Å². The molecule has 0 amide bonds. The smallest absolute Gasteiger partial charge is 0.152 e. The summed E-state index contributed by atoms with van der Waals surface area (Å²) in [6.45, 7) is 21.6. The normalized spacial score (nSPS) is 13.7. The molecular formula is C60H53N3S. The molecule has 1 aliphatic heterocycles. The first-order valence-electron chi connectivity index (χ1n) is 21.1. The number of benzene rings is 6. The van der Waals surface area contributed by atoms with Crippen molar-refractivity contribution in [1.29, 1.82) is 0 Å². The molecule has 0 atom stereocenters. The number of amidine groups is 1. The Balaban J connectivity index is 0.00000680. The van der Waals surface area contributed by atoms with E-state index in [-0.39, 0.29) is 13.5 Å². The van der Waals surface area contributed by atoms with Gasteiger partial charge in [0.25, 0.3) is 0 Å². The van der Waals surface area contributed by atoms with Crippen LogP contribution in [-0.2, 0) is 0 Å². The molecule has 0 saturated heterocycles. The Hall–Kier alpha value is -7.66. The number of rotatable bonds is 14. The summed E-state index contributed by atoms with van der Waals surface area (Å²) in [6, 6.07) is 44.7. The lowest BCUT2D eigenvalue weighted by Crippen LogP contribution is -2.01. The Kier molecular flexibility index (Phi) is 16.1. The van der Waals surface area contributed by atoms with E-state index in [2.05, 4.69) is 147 Å². The maximum Gasteiger partial charge on any atom is 0.152 e. The minimum absolute atomic E-state index is 0. The summed E-state index contributed by atoms with van der Waals surface area (Å²) in [6.07, 6.45) is 27.7. The van der Waals surface area contributed by atoms with E-state index in [1.54, 1.807) is 0 Å². The van der Waals surface area contributed by atoms with E-state index in [0.717, 1.165) is 83.4 Å². The van der Waals surface area contributed by atoms with Crippen molar-refractivity contribution in [3.05, 3.63) is 254 Å². The summed E-state index contributed by atoms with van der Waals surface area (Å²) in [5.74, 6) is 0.548. The summed E-state index contributed by atoms with van der Waals surface area (Å²) in [4.78, 5) is 14.4. The highest BCUT2D eigenvalue weighted by Crippen LogP contribution is 2.37. The number of hydrogen-bond acceptors (Lipinski definition) is 2. The van der Waals surface area contributed by atoms with Gasteiger partial charge in [0, 0.05) is 11.9 Å². The third kappa shape index (κ3) is 11.4. The first kappa shape index (κ1) is 45.9. The zero-order valence-electron chi connectivity index (χ0n) is 36.6. The van der Waals surface area contributed by atoms with E-state index in [4.69, 9.17) is 9.98 Å². The van der Waals surface area contributed by atoms with E-state index in [1.165, 1.54) is 5.39 Å². The van der Waals surface area contributed by atoms with E-state index in [1.807, 2.05) is 111 Å². The second-order valence-corrected chi connectivity index (χ2v) is 15.1. The lowest BCUT2D eigenvalue weighted by molar-refractivity contribution is 1.18. The zero-order valence-corrected chi connectivity index (χ0v) is 37.6. The second kappa shape index (κ2) is 22.4. The van der Waals surface area contributed by atoms with Crippen molar-refractivity contribution < 1.29 is 0 Å². The molecule has 0 unspecified atom stereocenters. The van der Waals surface area contributed by atoms with Gasteiger partial charge in [-0.1, -0.05) is 190 Å². The number of allylic oxidation sites excluding steroid dienone is 10.